The summed E-state index contributed by atoms with van der Waals surface area (Å²) in [6.07, 6.45) is -4.01. The molecule has 1 heterocycles. The molecule has 0 fully saturated rings. The standard InChI is InChI=1S/C20H18ClF3N4O3S3/c1-12(28(34(2,30)31)14-8-9-16(21)15(10-14)20(22,23)24)17(29)25-18-26-27-19(33-18)32-11-13-6-4-3-5-7-13/h3-10,12H,11H2,1-2H3,(H,25,26,29)/t12-/m0/s1. The van der Waals surface area contributed by atoms with Gasteiger partial charge in [-0.25, -0.2) is 8.42 Å². The van der Waals surface area contributed by atoms with E-state index >= 15 is 0 Å². The molecule has 7 nitrogen and oxygen atoms in total. The molecule has 1 aromatic heterocycles. The summed E-state index contributed by atoms with van der Waals surface area (Å²) in [5.41, 5.74) is -0.484. The first-order chi connectivity index (χ1) is 15.9. The molecule has 0 radical (unpaired) electrons. The van der Waals surface area contributed by atoms with Crippen LogP contribution in [0.25, 0.3) is 0 Å². The molecular formula is C20H18ClF3N4O3S3. The molecule has 1 N–H and O–H groups in total. The Morgan fingerprint density at radius 1 is 1.21 bits per heavy atom. The normalized spacial score (nSPS) is 12.9. The van der Waals surface area contributed by atoms with Crippen LogP contribution in [-0.4, -0.2) is 36.8 Å². The highest BCUT2D eigenvalue weighted by Crippen LogP contribution is 2.38. The summed E-state index contributed by atoms with van der Waals surface area (Å²) < 4.78 is 65.8. The van der Waals surface area contributed by atoms with Crippen molar-refractivity contribution in [3.8, 4) is 0 Å². The predicted octanol–water partition coefficient (Wildman–Crippen LogP) is 5.30. The lowest BCUT2D eigenvalue weighted by molar-refractivity contribution is -0.137. The number of carbonyl (C=O) groups excluding carboxylic acids is 1. The molecule has 2 aromatic carbocycles. The molecule has 182 valence electrons. The summed E-state index contributed by atoms with van der Waals surface area (Å²) in [4.78, 5) is 12.8. The molecule has 1 atom stereocenters. The lowest BCUT2D eigenvalue weighted by Gasteiger charge is -2.28. The Morgan fingerprint density at radius 2 is 1.88 bits per heavy atom. The Balaban J connectivity index is 1.77. The van der Waals surface area contributed by atoms with Crippen molar-refractivity contribution in [2.75, 3.05) is 15.9 Å². The first kappa shape index (κ1) is 26.3. The number of sulfonamides is 1. The number of nitrogens with one attached hydrogen (secondary N) is 1. The molecule has 1 amide bonds. The van der Waals surface area contributed by atoms with Crippen molar-refractivity contribution in [2.24, 2.45) is 0 Å². The number of rotatable bonds is 8. The second-order valence-corrected chi connectivity index (χ2v) is 11.5. The molecule has 14 heteroatoms. The average Bonchev–Trinajstić information content (AvgIpc) is 3.19. The Morgan fingerprint density at radius 3 is 2.50 bits per heavy atom. The van der Waals surface area contributed by atoms with Crippen LogP contribution >= 0.6 is 34.7 Å². The van der Waals surface area contributed by atoms with E-state index in [2.05, 4.69) is 15.5 Å². The first-order valence-electron chi connectivity index (χ1n) is 9.53. The molecule has 3 aromatic rings. The maximum Gasteiger partial charge on any atom is 0.417 e. The fourth-order valence-corrected chi connectivity index (χ4v) is 6.03. The van der Waals surface area contributed by atoms with Crippen LogP contribution < -0.4 is 9.62 Å². The monoisotopic (exact) mass is 550 g/mol. The van der Waals surface area contributed by atoms with E-state index in [0.29, 0.717) is 20.5 Å². The van der Waals surface area contributed by atoms with Crippen molar-refractivity contribution in [1.82, 2.24) is 10.2 Å². The number of amides is 1. The number of halogens is 4. The van der Waals surface area contributed by atoms with Crippen molar-refractivity contribution in [3.63, 3.8) is 0 Å². The van der Waals surface area contributed by atoms with Crippen LogP contribution in [0.15, 0.2) is 52.9 Å². The fraction of sp³-hybridized carbons (Fsp3) is 0.250. The van der Waals surface area contributed by atoms with Crippen LogP contribution in [0.5, 0.6) is 0 Å². The molecular weight excluding hydrogens is 533 g/mol. The zero-order valence-corrected chi connectivity index (χ0v) is 20.9. The maximum absolute atomic E-state index is 13.3. The molecule has 0 aliphatic carbocycles. The molecule has 0 spiro atoms. The van der Waals surface area contributed by atoms with Gasteiger partial charge in [-0.2, -0.15) is 13.2 Å². The smallest absolute Gasteiger partial charge is 0.299 e. The molecule has 0 aliphatic rings. The minimum Gasteiger partial charge on any atom is -0.299 e. The summed E-state index contributed by atoms with van der Waals surface area (Å²) in [6, 6.07) is 10.9. The van der Waals surface area contributed by atoms with Crippen LogP contribution in [0.4, 0.5) is 24.0 Å². The first-order valence-corrected chi connectivity index (χ1v) is 13.6. The van der Waals surface area contributed by atoms with Gasteiger partial charge in [0, 0.05) is 5.75 Å². The zero-order chi connectivity index (χ0) is 25.1. The van der Waals surface area contributed by atoms with Crippen LogP contribution in [0, 0.1) is 0 Å². The third kappa shape index (κ3) is 6.62. The van der Waals surface area contributed by atoms with Gasteiger partial charge in [0.1, 0.15) is 6.04 Å². The topological polar surface area (TPSA) is 92.3 Å². The van der Waals surface area contributed by atoms with E-state index in [0.717, 1.165) is 35.3 Å². The van der Waals surface area contributed by atoms with E-state index in [1.54, 1.807) is 0 Å². The van der Waals surface area contributed by atoms with Gasteiger partial charge in [0.05, 0.1) is 22.5 Å². The van der Waals surface area contributed by atoms with Gasteiger partial charge in [-0.3, -0.25) is 14.4 Å². The van der Waals surface area contributed by atoms with E-state index in [-0.39, 0.29) is 10.8 Å². The van der Waals surface area contributed by atoms with Crippen molar-refractivity contribution >= 4 is 61.4 Å². The summed E-state index contributed by atoms with van der Waals surface area (Å²) in [5, 5.41) is 9.90. The number of nitrogens with zero attached hydrogens (tertiary/aromatic N) is 3. The number of hydrogen-bond donors (Lipinski definition) is 1. The second-order valence-electron chi connectivity index (χ2n) is 7.03. The number of anilines is 2. The second kappa shape index (κ2) is 10.5. The highest BCUT2D eigenvalue weighted by Gasteiger charge is 2.36. The third-order valence-electron chi connectivity index (χ3n) is 4.44. The third-order valence-corrected chi connectivity index (χ3v) is 8.05. The van der Waals surface area contributed by atoms with E-state index in [4.69, 9.17) is 11.6 Å². The largest absolute Gasteiger partial charge is 0.417 e. The lowest BCUT2D eigenvalue weighted by Crippen LogP contribution is -2.45. The van der Waals surface area contributed by atoms with Crippen LogP contribution in [0.3, 0.4) is 0 Å². The van der Waals surface area contributed by atoms with Gasteiger partial charge in [-0.1, -0.05) is 65.0 Å². The number of alkyl halides is 3. The number of carbonyl (C=O) groups is 1. The summed E-state index contributed by atoms with van der Waals surface area (Å²) in [6.45, 7) is 1.25. The molecule has 0 aliphatic heterocycles. The van der Waals surface area contributed by atoms with Crippen molar-refractivity contribution in [3.05, 3.63) is 64.7 Å². The van der Waals surface area contributed by atoms with Gasteiger partial charge in [0.15, 0.2) is 4.34 Å². The summed E-state index contributed by atoms with van der Waals surface area (Å²) >= 11 is 8.14. The predicted molar refractivity (Wildman–Crippen MR) is 128 cm³/mol. The summed E-state index contributed by atoms with van der Waals surface area (Å²) in [7, 11) is -4.14. The Labute approximate surface area is 207 Å². The maximum atomic E-state index is 13.3. The van der Waals surface area contributed by atoms with Gasteiger partial charge in [-0.15, -0.1) is 10.2 Å². The number of hydrogen-bond acceptors (Lipinski definition) is 7. The summed E-state index contributed by atoms with van der Waals surface area (Å²) in [5.74, 6) is -0.149. The zero-order valence-electron chi connectivity index (χ0n) is 17.7. The minimum atomic E-state index is -4.80. The molecule has 0 bridgehead atoms. The van der Waals surface area contributed by atoms with E-state index in [1.807, 2.05) is 30.3 Å². The van der Waals surface area contributed by atoms with Gasteiger partial charge in [-0.05, 0) is 30.7 Å². The van der Waals surface area contributed by atoms with Crippen molar-refractivity contribution in [2.45, 2.75) is 29.2 Å². The average molecular weight is 551 g/mol. The number of benzene rings is 2. The van der Waals surface area contributed by atoms with Crippen molar-refractivity contribution < 1.29 is 26.4 Å². The van der Waals surface area contributed by atoms with Gasteiger partial charge in [0.25, 0.3) is 0 Å². The molecule has 0 saturated heterocycles. The minimum absolute atomic E-state index is 0.132. The van der Waals surface area contributed by atoms with Crippen LogP contribution in [0.2, 0.25) is 5.02 Å². The molecule has 0 saturated carbocycles. The Kier molecular flexibility index (Phi) is 8.11. The number of aromatic nitrogens is 2. The fourth-order valence-electron chi connectivity index (χ4n) is 2.92. The quantitative estimate of drug-likeness (QED) is 0.302. The Bertz CT molecular complexity index is 1270. The molecule has 34 heavy (non-hydrogen) atoms. The molecule has 0 unspecified atom stereocenters. The highest BCUT2D eigenvalue weighted by molar-refractivity contribution is 8.00. The Hall–Kier alpha value is -2.35. The lowest BCUT2D eigenvalue weighted by atomic mass is 10.1. The van der Waals surface area contributed by atoms with Gasteiger partial charge in [0.2, 0.25) is 21.1 Å². The van der Waals surface area contributed by atoms with E-state index in [1.165, 1.54) is 18.7 Å². The van der Waals surface area contributed by atoms with Crippen LogP contribution in [0.1, 0.15) is 18.1 Å². The number of thioether (sulfide) groups is 1. The van der Waals surface area contributed by atoms with E-state index in [9.17, 15) is 26.4 Å². The van der Waals surface area contributed by atoms with Crippen LogP contribution in [-0.2, 0) is 26.7 Å². The highest BCUT2D eigenvalue weighted by atomic mass is 35.5. The van der Waals surface area contributed by atoms with Gasteiger partial charge >= 0.3 is 6.18 Å². The van der Waals surface area contributed by atoms with Crippen molar-refractivity contribution in [1.29, 1.82) is 0 Å². The SMILES string of the molecule is C[C@@H](C(=O)Nc1nnc(SCc2ccccc2)s1)N(c1ccc(Cl)c(C(F)(F)F)c1)S(C)(=O)=O. The molecule has 3 rings (SSSR count). The van der Waals surface area contributed by atoms with Gasteiger partial charge < -0.3 is 0 Å². The van der Waals surface area contributed by atoms with E-state index < -0.39 is 38.7 Å².